The van der Waals surface area contributed by atoms with Crippen LogP contribution >= 0.6 is 0 Å². The minimum absolute atomic E-state index is 0.203. The zero-order valence-corrected chi connectivity index (χ0v) is 12.2. The molecule has 0 fully saturated rings. The van der Waals surface area contributed by atoms with Gasteiger partial charge in [-0.25, -0.2) is 0 Å². The molecular weight excluding hydrogens is 224 g/mol. The van der Waals surface area contributed by atoms with Crippen molar-refractivity contribution in [3.63, 3.8) is 0 Å². The maximum Gasteiger partial charge on any atom is 0.678 e. The van der Waals surface area contributed by atoms with Crippen molar-refractivity contribution < 1.29 is 18.1 Å². The van der Waals surface area contributed by atoms with Gasteiger partial charge in [-0.3, -0.25) is 0 Å². The first-order valence-corrected chi connectivity index (χ1v) is 7.02. The molecule has 0 heterocycles. The molecule has 0 aliphatic rings. The molecule has 0 bridgehead atoms. The van der Waals surface area contributed by atoms with Crippen molar-refractivity contribution in [1.82, 2.24) is 0 Å². The predicted octanol–water partition coefficient (Wildman–Crippen LogP) is 2.25. The van der Waals surface area contributed by atoms with Crippen LogP contribution in [0.5, 0.6) is 0 Å². The summed E-state index contributed by atoms with van der Waals surface area (Å²) in [4.78, 5) is 10.2. The van der Waals surface area contributed by atoms with Gasteiger partial charge in [0.15, 0.2) is 0 Å². The number of rotatable bonds is 5. The van der Waals surface area contributed by atoms with Crippen LogP contribution in [0.3, 0.4) is 0 Å². The molecule has 16 heavy (non-hydrogen) atoms. The smallest absolute Gasteiger partial charge is 0.367 e. The Morgan fingerprint density at radius 1 is 1.06 bits per heavy atom. The van der Waals surface area contributed by atoms with Crippen molar-refractivity contribution in [3.8, 4) is 0 Å². The van der Waals surface area contributed by atoms with Crippen LogP contribution in [-0.2, 0) is 13.3 Å². The maximum atomic E-state index is 10.2. The number of hydrogen-bond donors (Lipinski definition) is 1. The average Bonchev–Trinajstić information content (AvgIpc) is 1.93. The Labute approximate surface area is 99.7 Å². The summed E-state index contributed by atoms with van der Waals surface area (Å²) in [5, 5.41) is 0. The molecule has 0 atom stereocenters. The van der Waals surface area contributed by atoms with E-state index in [0.29, 0.717) is 0 Å². The van der Waals surface area contributed by atoms with Gasteiger partial charge < -0.3 is 18.1 Å². The molecule has 0 aliphatic carbocycles. The van der Waals surface area contributed by atoms with Crippen LogP contribution in [0.2, 0.25) is 0 Å². The number of hydrogen-bond acceptors (Lipinski definition) is 4. The molecule has 0 saturated carbocycles. The van der Waals surface area contributed by atoms with Crippen LogP contribution in [0.1, 0.15) is 41.5 Å². The van der Waals surface area contributed by atoms with Crippen LogP contribution in [0.4, 0.5) is 0 Å². The third kappa shape index (κ3) is 8.01. The highest BCUT2D eigenvalue weighted by molar-refractivity contribution is 6.52. The third-order valence-electron chi connectivity index (χ3n) is 1.25. The van der Waals surface area contributed by atoms with E-state index in [1.165, 1.54) is 0 Å². The maximum absolute atomic E-state index is 10.2. The molecule has 0 rings (SSSR count). The van der Waals surface area contributed by atoms with E-state index in [-0.39, 0.29) is 6.61 Å². The topological polar surface area (TPSA) is 47.9 Å². The van der Waals surface area contributed by atoms with Gasteiger partial charge in [0.05, 0.1) is 17.8 Å². The van der Waals surface area contributed by atoms with Crippen LogP contribution in [0, 0.1) is 0 Å². The lowest BCUT2D eigenvalue weighted by molar-refractivity contribution is -0.0882. The SMILES string of the molecule is C=CCO[Si](O)(OC(C)(C)C)OC(C)(C)C. The lowest BCUT2D eigenvalue weighted by Gasteiger charge is -2.34. The summed E-state index contributed by atoms with van der Waals surface area (Å²) in [5.74, 6) is 0. The van der Waals surface area contributed by atoms with Gasteiger partial charge in [0.2, 0.25) is 0 Å². The second-order valence-electron chi connectivity index (χ2n) is 5.55. The van der Waals surface area contributed by atoms with E-state index in [1.54, 1.807) is 6.08 Å². The minimum atomic E-state index is -3.61. The van der Waals surface area contributed by atoms with Crippen LogP contribution < -0.4 is 0 Å². The lowest BCUT2D eigenvalue weighted by atomic mass is 10.2. The molecule has 0 saturated heterocycles. The summed E-state index contributed by atoms with van der Waals surface area (Å²) in [6.07, 6.45) is 1.55. The summed E-state index contributed by atoms with van der Waals surface area (Å²) in [7, 11) is -3.61. The van der Waals surface area contributed by atoms with E-state index in [9.17, 15) is 4.80 Å². The third-order valence-corrected chi connectivity index (χ3v) is 3.53. The van der Waals surface area contributed by atoms with E-state index in [1.807, 2.05) is 41.5 Å². The van der Waals surface area contributed by atoms with Gasteiger partial charge in [-0.05, 0) is 41.5 Å². The van der Waals surface area contributed by atoms with E-state index in [0.717, 1.165) is 0 Å². The Bertz CT molecular complexity index is 211. The summed E-state index contributed by atoms with van der Waals surface area (Å²) in [6.45, 7) is 14.8. The second kappa shape index (κ2) is 5.42. The first-order valence-electron chi connectivity index (χ1n) is 5.35. The fourth-order valence-electron chi connectivity index (χ4n) is 1.02. The lowest BCUT2D eigenvalue weighted by Crippen LogP contribution is -2.54. The fourth-order valence-corrected chi connectivity index (χ4v) is 3.05. The van der Waals surface area contributed by atoms with E-state index in [2.05, 4.69) is 6.58 Å². The summed E-state index contributed by atoms with van der Waals surface area (Å²) in [6, 6.07) is 0. The summed E-state index contributed by atoms with van der Waals surface area (Å²) in [5.41, 5.74) is -1.04. The standard InChI is InChI=1S/C11H24O4Si/c1-8-9-13-16(12,14-10(2,3)4)15-11(5,6)7/h8,12H,1,9H2,2-7H3. The Balaban J connectivity index is 4.67. The van der Waals surface area contributed by atoms with Crippen molar-refractivity contribution in [1.29, 1.82) is 0 Å². The average molecular weight is 248 g/mol. The van der Waals surface area contributed by atoms with Gasteiger partial charge in [0.1, 0.15) is 0 Å². The zero-order valence-electron chi connectivity index (χ0n) is 11.2. The van der Waals surface area contributed by atoms with E-state index >= 15 is 0 Å². The Hall–Kier alpha value is -0.203. The molecule has 5 heteroatoms. The van der Waals surface area contributed by atoms with Crippen molar-refractivity contribution in [2.45, 2.75) is 52.7 Å². The van der Waals surface area contributed by atoms with Gasteiger partial charge in [0.25, 0.3) is 0 Å². The van der Waals surface area contributed by atoms with Gasteiger partial charge in [-0.1, -0.05) is 6.08 Å². The molecular formula is C11H24O4Si. The fraction of sp³-hybridized carbons (Fsp3) is 0.818. The van der Waals surface area contributed by atoms with Crippen LogP contribution in [0.15, 0.2) is 12.7 Å². The molecule has 0 aliphatic heterocycles. The van der Waals surface area contributed by atoms with E-state index in [4.69, 9.17) is 13.3 Å². The molecule has 1 N–H and O–H groups in total. The molecule has 0 aromatic rings. The van der Waals surface area contributed by atoms with Crippen LogP contribution in [-0.4, -0.2) is 31.7 Å². The Kier molecular flexibility index (Phi) is 5.35. The quantitative estimate of drug-likeness (QED) is 0.599. The molecule has 0 radical (unpaired) electrons. The van der Waals surface area contributed by atoms with Crippen molar-refractivity contribution in [2.75, 3.05) is 6.61 Å². The zero-order chi connectivity index (χ0) is 13.0. The first kappa shape index (κ1) is 15.8. The van der Waals surface area contributed by atoms with E-state index < -0.39 is 20.3 Å². The van der Waals surface area contributed by atoms with Gasteiger partial charge in [0, 0.05) is 0 Å². The van der Waals surface area contributed by atoms with Gasteiger partial charge >= 0.3 is 9.05 Å². The van der Waals surface area contributed by atoms with Gasteiger partial charge in [-0.2, -0.15) is 0 Å². The Morgan fingerprint density at radius 3 is 1.69 bits per heavy atom. The largest absolute Gasteiger partial charge is 0.678 e. The molecule has 0 aromatic heterocycles. The second-order valence-corrected chi connectivity index (χ2v) is 7.30. The highest BCUT2D eigenvalue weighted by Gasteiger charge is 2.47. The Morgan fingerprint density at radius 2 is 1.44 bits per heavy atom. The molecule has 0 amide bonds. The normalized spacial score (nSPS) is 13.9. The minimum Gasteiger partial charge on any atom is -0.367 e. The first-order chi connectivity index (χ1) is 6.97. The van der Waals surface area contributed by atoms with Crippen LogP contribution in [0.25, 0.3) is 0 Å². The summed E-state index contributed by atoms with van der Waals surface area (Å²) >= 11 is 0. The molecule has 0 aromatic carbocycles. The highest BCUT2D eigenvalue weighted by Crippen LogP contribution is 2.22. The van der Waals surface area contributed by atoms with Crippen molar-refractivity contribution >= 4 is 9.05 Å². The predicted molar refractivity (Wildman–Crippen MR) is 65.8 cm³/mol. The molecule has 0 unspecified atom stereocenters. The van der Waals surface area contributed by atoms with Gasteiger partial charge in [-0.15, -0.1) is 6.58 Å². The highest BCUT2D eigenvalue weighted by atomic mass is 28.4. The van der Waals surface area contributed by atoms with Crippen molar-refractivity contribution in [2.24, 2.45) is 0 Å². The molecule has 96 valence electrons. The molecule has 4 nitrogen and oxygen atoms in total. The monoisotopic (exact) mass is 248 g/mol. The van der Waals surface area contributed by atoms with Crippen molar-refractivity contribution in [3.05, 3.63) is 12.7 Å². The molecule has 0 spiro atoms. The summed E-state index contributed by atoms with van der Waals surface area (Å²) < 4.78 is 16.3.